The lowest BCUT2D eigenvalue weighted by Gasteiger charge is -2.32. The molecule has 3 rings (SSSR count). The SMILES string of the molecule is O=C(C1=CC(c2ccsc2)CC(OCCOCCO)O1)N1CCOCC1. The van der Waals surface area contributed by atoms with E-state index in [9.17, 15) is 4.79 Å². The van der Waals surface area contributed by atoms with Crippen molar-refractivity contribution in [2.24, 2.45) is 0 Å². The van der Waals surface area contributed by atoms with Crippen molar-refractivity contribution in [3.05, 3.63) is 34.2 Å². The largest absolute Gasteiger partial charge is 0.459 e. The molecule has 1 saturated heterocycles. The molecule has 0 radical (unpaired) electrons. The molecule has 0 aliphatic carbocycles. The van der Waals surface area contributed by atoms with Crippen LogP contribution in [-0.4, -0.2) is 74.9 Å². The summed E-state index contributed by atoms with van der Waals surface area (Å²) in [6.07, 6.45) is 2.06. The minimum Gasteiger partial charge on any atom is -0.459 e. The van der Waals surface area contributed by atoms with Crippen molar-refractivity contribution in [2.45, 2.75) is 18.6 Å². The maximum atomic E-state index is 12.8. The number of hydrogen-bond acceptors (Lipinski definition) is 7. The van der Waals surface area contributed by atoms with Crippen LogP contribution in [0, 0.1) is 0 Å². The molecule has 26 heavy (non-hydrogen) atoms. The Morgan fingerprint density at radius 3 is 2.88 bits per heavy atom. The summed E-state index contributed by atoms with van der Waals surface area (Å²) < 4.78 is 22.1. The van der Waals surface area contributed by atoms with E-state index in [0.717, 1.165) is 5.56 Å². The Hall–Kier alpha value is -1.45. The number of morpholine rings is 1. The molecule has 7 nitrogen and oxygen atoms in total. The third kappa shape index (κ3) is 5.28. The number of aliphatic hydroxyl groups is 1. The third-order valence-corrected chi connectivity index (χ3v) is 5.01. The molecule has 8 heteroatoms. The molecule has 1 aromatic heterocycles. The highest BCUT2D eigenvalue weighted by molar-refractivity contribution is 7.08. The molecule has 0 saturated carbocycles. The summed E-state index contributed by atoms with van der Waals surface area (Å²) in [6, 6.07) is 2.06. The Balaban J connectivity index is 1.64. The second kappa shape index (κ2) is 10.0. The van der Waals surface area contributed by atoms with Crippen LogP contribution >= 0.6 is 11.3 Å². The quantitative estimate of drug-likeness (QED) is 0.683. The highest BCUT2D eigenvalue weighted by Gasteiger charge is 2.31. The van der Waals surface area contributed by atoms with E-state index >= 15 is 0 Å². The minimum absolute atomic E-state index is 0.0128. The first-order valence-electron chi connectivity index (χ1n) is 8.85. The molecule has 2 aliphatic heterocycles. The van der Waals surface area contributed by atoms with Gasteiger partial charge in [0.2, 0.25) is 6.29 Å². The lowest BCUT2D eigenvalue weighted by atomic mass is 9.95. The van der Waals surface area contributed by atoms with Crippen LogP contribution in [0.4, 0.5) is 0 Å². The number of nitrogens with zero attached hydrogens (tertiary/aromatic N) is 1. The molecule has 0 aromatic carbocycles. The van der Waals surface area contributed by atoms with Gasteiger partial charge in [0.15, 0.2) is 5.76 Å². The van der Waals surface area contributed by atoms with Gasteiger partial charge in [0.05, 0.1) is 39.6 Å². The van der Waals surface area contributed by atoms with Gasteiger partial charge >= 0.3 is 0 Å². The molecule has 1 N–H and O–H groups in total. The van der Waals surface area contributed by atoms with Crippen LogP contribution in [0.25, 0.3) is 0 Å². The molecule has 1 amide bonds. The second-order valence-electron chi connectivity index (χ2n) is 6.09. The summed E-state index contributed by atoms with van der Waals surface area (Å²) in [5.74, 6) is 0.312. The van der Waals surface area contributed by atoms with Gasteiger partial charge in [-0.05, 0) is 28.5 Å². The third-order valence-electron chi connectivity index (χ3n) is 4.30. The summed E-state index contributed by atoms with van der Waals surface area (Å²) in [7, 11) is 0. The number of aliphatic hydroxyl groups excluding tert-OH is 1. The topological polar surface area (TPSA) is 77.5 Å². The molecule has 2 atom stereocenters. The summed E-state index contributed by atoms with van der Waals surface area (Å²) in [6.45, 7) is 3.24. The van der Waals surface area contributed by atoms with Crippen LogP contribution in [0.3, 0.4) is 0 Å². The number of rotatable bonds is 8. The fraction of sp³-hybridized carbons (Fsp3) is 0.611. The minimum atomic E-state index is -0.498. The summed E-state index contributed by atoms with van der Waals surface area (Å²) in [5, 5.41) is 12.8. The van der Waals surface area contributed by atoms with E-state index in [1.165, 1.54) is 0 Å². The Bertz CT molecular complexity index is 585. The molecular formula is C18H25NO6S. The van der Waals surface area contributed by atoms with E-state index in [-0.39, 0.29) is 25.0 Å². The number of hydrogen-bond donors (Lipinski definition) is 1. The Morgan fingerprint density at radius 2 is 2.15 bits per heavy atom. The van der Waals surface area contributed by atoms with Crippen LogP contribution in [0.1, 0.15) is 17.9 Å². The number of amides is 1. The van der Waals surface area contributed by atoms with Crippen LogP contribution in [0.5, 0.6) is 0 Å². The summed E-state index contributed by atoms with van der Waals surface area (Å²) in [5.41, 5.74) is 1.16. The van der Waals surface area contributed by atoms with Crippen LogP contribution in [0.15, 0.2) is 28.7 Å². The van der Waals surface area contributed by atoms with Gasteiger partial charge < -0.3 is 29.0 Å². The second-order valence-corrected chi connectivity index (χ2v) is 6.87. The molecule has 0 bridgehead atoms. The fourth-order valence-corrected chi connectivity index (χ4v) is 3.68. The highest BCUT2D eigenvalue weighted by atomic mass is 32.1. The van der Waals surface area contributed by atoms with Gasteiger partial charge in [-0.1, -0.05) is 0 Å². The lowest BCUT2D eigenvalue weighted by Crippen LogP contribution is -2.43. The first-order chi connectivity index (χ1) is 12.8. The van der Waals surface area contributed by atoms with Crippen molar-refractivity contribution >= 4 is 17.2 Å². The predicted octanol–water partition coefficient (Wildman–Crippen LogP) is 1.35. The van der Waals surface area contributed by atoms with Crippen molar-refractivity contribution < 1.29 is 28.8 Å². The zero-order chi connectivity index (χ0) is 18.2. The van der Waals surface area contributed by atoms with Crippen molar-refractivity contribution in [3.8, 4) is 0 Å². The summed E-state index contributed by atoms with van der Waals surface area (Å²) >= 11 is 1.63. The molecule has 2 aliphatic rings. The maximum Gasteiger partial charge on any atom is 0.288 e. The Morgan fingerprint density at radius 1 is 1.31 bits per heavy atom. The number of allylic oxidation sites excluding steroid dienone is 1. The fourth-order valence-electron chi connectivity index (χ4n) is 2.96. The number of thiophene rings is 1. The average molecular weight is 383 g/mol. The summed E-state index contributed by atoms with van der Waals surface area (Å²) in [4.78, 5) is 14.6. The number of carbonyl (C=O) groups excluding carboxylic acids is 1. The number of ether oxygens (including phenoxy) is 4. The van der Waals surface area contributed by atoms with E-state index in [1.54, 1.807) is 16.2 Å². The first kappa shape index (κ1) is 19.3. The first-order valence-corrected chi connectivity index (χ1v) is 9.80. The van der Waals surface area contributed by atoms with Gasteiger partial charge in [-0.25, -0.2) is 0 Å². The average Bonchev–Trinajstić information content (AvgIpc) is 3.23. The van der Waals surface area contributed by atoms with E-state index < -0.39 is 6.29 Å². The Labute approximate surface area is 157 Å². The van der Waals surface area contributed by atoms with Gasteiger partial charge in [-0.15, -0.1) is 0 Å². The molecule has 3 heterocycles. The van der Waals surface area contributed by atoms with Crippen LogP contribution < -0.4 is 0 Å². The molecule has 2 unspecified atom stereocenters. The van der Waals surface area contributed by atoms with Gasteiger partial charge in [0.1, 0.15) is 0 Å². The van der Waals surface area contributed by atoms with Gasteiger partial charge in [0.25, 0.3) is 5.91 Å². The van der Waals surface area contributed by atoms with Crippen LogP contribution in [0.2, 0.25) is 0 Å². The smallest absolute Gasteiger partial charge is 0.288 e. The zero-order valence-corrected chi connectivity index (χ0v) is 15.5. The highest BCUT2D eigenvalue weighted by Crippen LogP contribution is 2.33. The van der Waals surface area contributed by atoms with Gasteiger partial charge in [-0.2, -0.15) is 11.3 Å². The zero-order valence-electron chi connectivity index (χ0n) is 14.7. The molecular weight excluding hydrogens is 358 g/mol. The van der Waals surface area contributed by atoms with Crippen molar-refractivity contribution in [3.63, 3.8) is 0 Å². The molecule has 1 aromatic rings. The normalized spacial score (nSPS) is 23.4. The lowest BCUT2D eigenvalue weighted by molar-refractivity contribution is -0.158. The van der Waals surface area contributed by atoms with Gasteiger partial charge in [0, 0.05) is 25.4 Å². The van der Waals surface area contributed by atoms with E-state index in [1.807, 2.05) is 11.5 Å². The molecule has 0 spiro atoms. The molecule has 1 fully saturated rings. The van der Waals surface area contributed by atoms with Gasteiger partial charge in [-0.3, -0.25) is 4.79 Å². The van der Waals surface area contributed by atoms with E-state index in [0.29, 0.717) is 51.7 Å². The van der Waals surface area contributed by atoms with Crippen molar-refractivity contribution in [2.75, 3.05) is 52.7 Å². The monoisotopic (exact) mass is 383 g/mol. The number of carbonyl (C=O) groups is 1. The van der Waals surface area contributed by atoms with E-state index in [4.69, 9.17) is 24.1 Å². The molecule has 144 valence electrons. The predicted molar refractivity (Wildman–Crippen MR) is 95.9 cm³/mol. The van der Waals surface area contributed by atoms with Crippen molar-refractivity contribution in [1.82, 2.24) is 4.90 Å². The maximum absolute atomic E-state index is 12.8. The van der Waals surface area contributed by atoms with E-state index in [2.05, 4.69) is 11.4 Å². The van der Waals surface area contributed by atoms with Crippen molar-refractivity contribution in [1.29, 1.82) is 0 Å². The standard InChI is InChI=1S/C18H25NO6S/c20-4-7-23-8-9-24-17-12-15(14-1-10-26-13-14)11-16(25-17)18(21)19-2-5-22-6-3-19/h1,10-11,13,15,17,20H,2-9,12H2. The Kier molecular flexibility index (Phi) is 7.45. The van der Waals surface area contributed by atoms with Crippen LogP contribution in [-0.2, 0) is 23.7 Å².